The molecule has 0 aliphatic rings. The molecule has 0 spiro atoms. The van der Waals surface area contributed by atoms with Crippen molar-refractivity contribution in [1.82, 2.24) is 10.3 Å². The molecule has 5 nitrogen and oxygen atoms in total. The predicted octanol–water partition coefficient (Wildman–Crippen LogP) is 4.79. The molecular formula is C26H26N2O3. The molecule has 2 N–H and O–H groups in total. The first-order valence-corrected chi connectivity index (χ1v) is 10.4. The summed E-state index contributed by atoms with van der Waals surface area (Å²) >= 11 is 0. The van der Waals surface area contributed by atoms with Gasteiger partial charge in [0, 0.05) is 29.7 Å². The molecule has 0 saturated carbocycles. The fourth-order valence-corrected chi connectivity index (χ4v) is 3.37. The van der Waals surface area contributed by atoms with Crippen LogP contribution < -0.4 is 14.8 Å². The quantitative estimate of drug-likeness (QED) is 0.414. The second-order valence-electron chi connectivity index (χ2n) is 7.50. The van der Waals surface area contributed by atoms with Gasteiger partial charge in [-0.25, -0.2) is 0 Å². The Labute approximate surface area is 182 Å². The highest BCUT2D eigenvalue weighted by atomic mass is 16.5. The molecule has 1 amide bonds. The highest BCUT2D eigenvalue weighted by molar-refractivity contribution is 5.84. The van der Waals surface area contributed by atoms with Crippen LogP contribution in [0.3, 0.4) is 0 Å². The lowest BCUT2D eigenvalue weighted by Crippen LogP contribution is -2.30. The van der Waals surface area contributed by atoms with Gasteiger partial charge in [0.1, 0.15) is 18.1 Å². The number of aromatic nitrogens is 1. The summed E-state index contributed by atoms with van der Waals surface area (Å²) in [6, 6.07) is 23.8. The highest BCUT2D eigenvalue weighted by Gasteiger charge is 2.07. The summed E-state index contributed by atoms with van der Waals surface area (Å²) in [5.74, 6) is 1.39. The van der Waals surface area contributed by atoms with Crippen molar-refractivity contribution in [3.63, 3.8) is 0 Å². The number of nitrogens with one attached hydrogen (secondary N) is 2. The van der Waals surface area contributed by atoms with Crippen molar-refractivity contribution in [2.75, 3.05) is 13.2 Å². The van der Waals surface area contributed by atoms with Crippen LogP contribution in [0.15, 0.2) is 79.0 Å². The first-order valence-electron chi connectivity index (χ1n) is 10.4. The molecule has 5 heteroatoms. The lowest BCUT2D eigenvalue weighted by atomic mass is 10.1. The van der Waals surface area contributed by atoms with Crippen LogP contribution in [0.1, 0.15) is 16.7 Å². The van der Waals surface area contributed by atoms with E-state index in [0.29, 0.717) is 18.9 Å². The summed E-state index contributed by atoms with van der Waals surface area (Å²) in [5, 5.41) is 4.05. The van der Waals surface area contributed by atoms with Gasteiger partial charge in [-0.15, -0.1) is 0 Å². The summed E-state index contributed by atoms with van der Waals surface area (Å²) in [6.07, 6.45) is 2.72. The number of ether oxygens (including phenoxy) is 2. The Kier molecular flexibility index (Phi) is 6.53. The largest absolute Gasteiger partial charge is 0.489 e. The summed E-state index contributed by atoms with van der Waals surface area (Å²) in [5.41, 5.74) is 4.47. The molecule has 0 aliphatic heterocycles. The van der Waals surface area contributed by atoms with Gasteiger partial charge in [0.25, 0.3) is 5.91 Å². The SMILES string of the molecule is Cc1ccc(OCC(=O)NCCc2c[nH]c3cc(OCc4ccccc4)ccc23)cc1. The topological polar surface area (TPSA) is 63.3 Å². The molecule has 4 aromatic rings. The number of hydrogen-bond acceptors (Lipinski definition) is 3. The number of carbonyl (C=O) groups excluding carboxylic acids is 1. The number of fused-ring (bicyclic) bond motifs is 1. The summed E-state index contributed by atoms with van der Waals surface area (Å²) in [6.45, 7) is 3.12. The zero-order chi connectivity index (χ0) is 21.5. The molecular weight excluding hydrogens is 388 g/mol. The van der Waals surface area contributed by atoms with Crippen LogP contribution >= 0.6 is 0 Å². The van der Waals surface area contributed by atoms with E-state index in [1.807, 2.05) is 79.9 Å². The van der Waals surface area contributed by atoms with Crippen molar-refractivity contribution in [2.45, 2.75) is 20.0 Å². The molecule has 0 saturated heterocycles. The molecule has 1 heterocycles. The van der Waals surface area contributed by atoms with Crippen LogP contribution in [0.25, 0.3) is 10.9 Å². The lowest BCUT2D eigenvalue weighted by molar-refractivity contribution is -0.123. The number of carbonyl (C=O) groups is 1. The second-order valence-corrected chi connectivity index (χ2v) is 7.50. The molecule has 3 aromatic carbocycles. The molecule has 31 heavy (non-hydrogen) atoms. The van der Waals surface area contributed by atoms with Gasteiger partial charge in [-0.05, 0) is 48.7 Å². The van der Waals surface area contributed by atoms with Crippen molar-refractivity contribution in [1.29, 1.82) is 0 Å². The Bertz CT molecular complexity index is 1130. The minimum atomic E-state index is -0.128. The monoisotopic (exact) mass is 414 g/mol. The van der Waals surface area contributed by atoms with Crippen LogP contribution in [0, 0.1) is 6.92 Å². The number of hydrogen-bond donors (Lipinski definition) is 2. The Morgan fingerprint density at radius 2 is 1.71 bits per heavy atom. The normalized spacial score (nSPS) is 10.7. The van der Waals surface area contributed by atoms with Gasteiger partial charge in [-0.2, -0.15) is 0 Å². The van der Waals surface area contributed by atoms with Crippen molar-refractivity contribution in [2.24, 2.45) is 0 Å². The Hall–Kier alpha value is -3.73. The molecule has 4 rings (SSSR count). The maximum absolute atomic E-state index is 12.0. The number of H-pyrrole nitrogens is 1. The molecule has 0 bridgehead atoms. The van der Waals surface area contributed by atoms with E-state index in [1.165, 1.54) is 0 Å². The van der Waals surface area contributed by atoms with Crippen LogP contribution in [-0.2, 0) is 17.8 Å². The predicted molar refractivity (Wildman–Crippen MR) is 122 cm³/mol. The van der Waals surface area contributed by atoms with Gasteiger partial charge in [0.2, 0.25) is 0 Å². The Morgan fingerprint density at radius 3 is 2.52 bits per heavy atom. The Morgan fingerprint density at radius 1 is 0.935 bits per heavy atom. The number of benzene rings is 3. The smallest absolute Gasteiger partial charge is 0.257 e. The molecule has 158 valence electrons. The third-order valence-corrected chi connectivity index (χ3v) is 5.09. The lowest BCUT2D eigenvalue weighted by Gasteiger charge is -2.08. The van der Waals surface area contributed by atoms with E-state index in [-0.39, 0.29) is 12.5 Å². The van der Waals surface area contributed by atoms with Gasteiger partial charge in [0.15, 0.2) is 6.61 Å². The number of rotatable bonds is 9. The van der Waals surface area contributed by atoms with Gasteiger partial charge in [0.05, 0.1) is 0 Å². The van der Waals surface area contributed by atoms with E-state index in [4.69, 9.17) is 9.47 Å². The average molecular weight is 415 g/mol. The van der Waals surface area contributed by atoms with Crippen LogP contribution in [0.4, 0.5) is 0 Å². The van der Waals surface area contributed by atoms with Gasteiger partial charge in [-0.3, -0.25) is 4.79 Å². The van der Waals surface area contributed by atoms with Crippen molar-refractivity contribution < 1.29 is 14.3 Å². The highest BCUT2D eigenvalue weighted by Crippen LogP contribution is 2.24. The fourth-order valence-electron chi connectivity index (χ4n) is 3.37. The summed E-state index contributed by atoms with van der Waals surface area (Å²) in [4.78, 5) is 15.3. The molecule has 0 fully saturated rings. The standard InChI is InChI=1S/C26H26N2O3/c1-19-7-9-22(10-8-19)31-18-26(29)27-14-13-21-16-28-25-15-23(11-12-24(21)25)30-17-20-5-3-2-4-6-20/h2-12,15-16,28H,13-14,17-18H2,1H3,(H,27,29). The molecule has 0 radical (unpaired) electrons. The van der Waals surface area contributed by atoms with Crippen molar-refractivity contribution in [3.8, 4) is 11.5 Å². The number of aryl methyl sites for hydroxylation is 1. The van der Waals surface area contributed by atoms with Crippen molar-refractivity contribution >= 4 is 16.8 Å². The van der Waals surface area contributed by atoms with Crippen LogP contribution in [0.2, 0.25) is 0 Å². The minimum Gasteiger partial charge on any atom is -0.489 e. The van der Waals surface area contributed by atoms with Gasteiger partial charge in [-0.1, -0.05) is 48.0 Å². The van der Waals surface area contributed by atoms with Crippen LogP contribution in [-0.4, -0.2) is 24.0 Å². The molecule has 0 atom stereocenters. The minimum absolute atomic E-state index is 0.0130. The van der Waals surface area contributed by atoms with E-state index in [2.05, 4.69) is 16.4 Å². The van der Waals surface area contributed by atoms with E-state index in [1.54, 1.807) is 0 Å². The summed E-state index contributed by atoms with van der Waals surface area (Å²) < 4.78 is 11.4. The van der Waals surface area contributed by atoms with E-state index < -0.39 is 0 Å². The zero-order valence-corrected chi connectivity index (χ0v) is 17.6. The molecule has 0 unspecified atom stereocenters. The van der Waals surface area contributed by atoms with Crippen LogP contribution in [0.5, 0.6) is 11.5 Å². The zero-order valence-electron chi connectivity index (χ0n) is 17.6. The molecule has 1 aromatic heterocycles. The fraction of sp³-hybridized carbons (Fsp3) is 0.192. The van der Waals surface area contributed by atoms with E-state index in [0.717, 1.165) is 39.8 Å². The van der Waals surface area contributed by atoms with E-state index >= 15 is 0 Å². The first-order chi connectivity index (χ1) is 15.2. The average Bonchev–Trinajstić information content (AvgIpc) is 3.20. The van der Waals surface area contributed by atoms with Gasteiger partial charge >= 0.3 is 0 Å². The maximum atomic E-state index is 12.0. The number of amides is 1. The summed E-state index contributed by atoms with van der Waals surface area (Å²) in [7, 11) is 0. The van der Waals surface area contributed by atoms with Crippen molar-refractivity contribution in [3.05, 3.63) is 95.7 Å². The van der Waals surface area contributed by atoms with Gasteiger partial charge < -0.3 is 19.8 Å². The second kappa shape index (κ2) is 9.85. The van der Waals surface area contributed by atoms with E-state index in [9.17, 15) is 4.79 Å². The Balaban J connectivity index is 1.25. The number of aromatic amines is 1. The maximum Gasteiger partial charge on any atom is 0.257 e. The third kappa shape index (κ3) is 5.66. The third-order valence-electron chi connectivity index (χ3n) is 5.09. The molecule has 0 aliphatic carbocycles. The first kappa shape index (κ1) is 20.5.